The third-order valence-electron chi connectivity index (χ3n) is 4.66. The van der Waals surface area contributed by atoms with Gasteiger partial charge in [-0.05, 0) is 30.9 Å². The topological polar surface area (TPSA) is 18.5 Å². The molecule has 0 N–H and O–H groups in total. The maximum atomic E-state index is 6.60. The van der Waals surface area contributed by atoms with E-state index in [1.54, 1.807) is 0 Å². The van der Waals surface area contributed by atoms with E-state index in [0.29, 0.717) is 17.7 Å². The van der Waals surface area contributed by atoms with Gasteiger partial charge >= 0.3 is 8.56 Å². The predicted molar refractivity (Wildman–Crippen MR) is 105 cm³/mol. The lowest BCUT2D eigenvalue weighted by atomic mass is 10.1. The number of allylic oxidation sites excluding steroid dienone is 2. The Hall–Kier alpha value is -1.32. The Morgan fingerprint density at radius 1 is 1.04 bits per heavy atom. The van der Waals surface area contributed by atoms with Gasteiger partial charge in [-0.15, -0.1) is 0 Å². The standard InChI is InChI=1S/C21H32O2Si/c1-18(2)24(19(3)4,23-21-15-9-6-10-16-21)22-17-11-14-20-12-7-5-8-13-20/h5,7-8,11-15,18-19H,6,9-10,16-17H2,1-4H3/b14-11+. The molecule has 1 aliphatic carbocycles. The summed E-state index contributed by atoms with van der Waals surface area (Å²) in [5, 5.41) is 0. The van der Waals surface area contributed by atoms with E-state index >= 15 is 0 Å². The molecule has 0 amide bonds. The Labute approximate surface area is 148 Å². The molecule has 132 valence electrons. The van der Waals surface area contributed by atoms with Crippen molar-refractivity contribution in [3.63, 3.8) is 0 Å². The zero-order valence-corrected chi connectivity index (χ0v) is 16.6. The largest absolute Gasteiger partial charge is 0.524 e. The highest BCUT2D eigenvalue weighted by molar-refractivity contribution is 6.70. The molecule has 0 spiro atoms. The number of hydrogen-bond acceptors (Lipinski definition) is 2. The van der Waals surface area contributed by atoms with Crippen LogP contribution in [0.1, 0.15) is 58.9 Å². The lowest BCUT2D eigenvalue weighted by Crippen LogP contribution is -2.48. The van der Waals surface area contributed by atoms with Crippen LogP contribution in [-0.4, -0.2) is 15.2 Å². The van der Waals surface area contributed by atoms with Gasteiger partial charge in [-0.2, -0.15) is 0 Å². The maximum Gasteiger partial charge on any atom is 0.404 e. The van der Waals surface area contributed by atoms with E-state index in [4.69, 9.17) is 8.85 Å². The lowest BCUT2D eigenvalue weighted by molar-refractivity contribution is 0.200. The summed E-state index contributed by atoms with van der Waals surface area (Å²) in [6, 6.07) is 10.4. The van der Waals surface area contributed by atoms with Crippen molar-refractivity contribution in [3.8, 4) is 0 Å². The fourth-order valence-corrected chi connectivity index (χ4v) is 6.78. The molecule has 0 saturated carbocycles. The second-order valence-electron chi connectivity index (χ2n) is 7.17. The van der Waals surface area contributed by atoms with E-state index < -0.39 is 8.56 Å². The van der Waals surface area contributed by atoms with Crippen LogP contribution in [-0.2, 0) is 8.85 Å². The highest BCUT2D eigenvalue weighted by Crippen LogP contribution is 2.38. The fraction of sp³-hybridized carbons (Fsp3) is 0.524. The molecule has 2 rings (SSSR count). The second-order valence-corrected chi connectivity index (χ2v) is 11.4. The van der Waals surface area contributed by atoms with Gasteiger partial charge < -0.3 is 8.85 Å². The third-order valence-corrected chi connectivity index (χ3v) is 9.08. The summed E-state index contributed by atoms with van der Waals surface area (Å²) in [4.78, 5) is 0. The van der Waals surface area contributed by atoms with Gasteiger partial charge in [0.15, 0.2) is 0 Å². The van der Waals surface area contributed by atoms with Gasteiger partial charge in [0.1, 0.15) is 0 Å². The van der Waals surface area contributed by atoms with Gasteiger partial charge in [0.2, 0.25) is 0 Å². The normalized spacial score (nSPS) is 16.0. The summed E-state index contributed by atoms with van der Waals surface area (Å²) < 4.78 is 13.1. The van der Waals surface area contributed by atoms with Crippen LogP contribution in [0.5, 0.6) is 0 Å². The molecule has 0 unspecified atom stereocenters. The molecule has 1 aromatic rings. The minimum atomic E-state index is -2.30. The van der Waals surface area contributed by atoms with Crippen molar-refractivity contribution in [2.45, 2.75) is 64.5 Å². The first-order valence-corrected chi connectivity index (χ1v) is 11.3. The molecule has 3 heteroatoms. The van der Waals surface area contributed by atoms with E-state index in [1.807, 2.05) is 6.07 Å². The summed E-state index contributed by atoms with van der Waals surface area (Å²) in [6.07, 6.45) is 11.2. The first-order chi connectivity index (χ1) is 11.5. The Balaban J connectivity index is 2.05. The Morgan fingerprint density at radius 2 is 1.75 bits per heavy atom. The first kappa shape index (κ1) is 19.0. The fourth-order valence-electron chi connectivity index (χ4n) is 3.30. The first-order valence-electron chi connectivity index (χ1n) is 9.28. The van der Waals surface area contributed by atoms with Gasteiger partial charge in [-0.25, -0.2) is 0 Å². The van der Waals surface area contributed by atoms with Crippen molar-refractivity contribution >= 4 is 14.6 Å². The molecule has 0 atom stereocenters. The maximum absolute atomic E-state index is 6.60. The Bertz CT molecular complexity index is 538. The summed E-state index contributed by atoms with van der Waals surface area (Å²) in [5.74, 6) is 1.17. The van der Waals surface area contributed by atoms with Gasteiger partial charge in [0.05, 0.1) is 12.4 Å². The molecular weight excluding hydrogens is 312 g/mol. The van der Waals surface area contributed by atoms with E-state index in [2.05, 4.69) is 70.2 Å². The van der Waals surface area contributed by atoms with Crippen molar-refractivity contribution in [2.75, 3.05) is 6.61 Å². The van der Waals surface area contributed by atoms with E-state index in [0.717, 1.165) is 12.8 Å². The molecule has 0 saturated heterocycles. The molecule has 1 aliphatic rings. The predicted octanol–water partition coefficient (Wildman–Crippen LogP) is 6.45. The monoisotopic (exact) mass is 344 g/mol. The van der Waals surface area contributed by atoms with Crippen LogP contribution < -0.4 is 0 Å². The van der Waals surface area contributed by atoms with Crippen molar-refractivity contribution in [1.82, 2.24) is 0 Å². The van der Waals surface area contributed by atoms with Crippen molar-refractivity contribution in [3.05, 3.63) is 53.8 Å². The van der Waals surface area contributed by atoms with Crippen molar-refractivity contribution in [1.29, 1.82) is 0 Å². The summed E-state index contributed by atoms with van der Waals surface area (Å²) in [6.45, 7) is 9.60. The van der Waals surface area contributed by atoms with Gasteiger partial charge in [-0.3, -0.25) is 0 Å². The zero-order chi connectivity index (χ0) is 17.4. The molecule has 0 aliphatic heterocycles. The minimum Gasteiger partial charge on any atom is -0.524 e. The van der Waals surface area contributed by atoms with Crippen LogP contribution in [0.25, 0.3) is 6.08 Å². The van der Waals surface area contributed by atoms with Crippen LogP contribution in [0.2, 0.25) is 11.1 Å². The molecule has 0 fully saturated rings. The molecule has 0 aromatic heterocycles. The van der Waals surface area contributed by atoms with E-state index in [9.17, 15) is 0 Å². The summed E-state index contributed by atoms with van der Waals surface area (Å²) >= 11 is 0. The highest BCUT2D eigenvalue weighted by Gasteiger charge is 2.47. The summed E-state index contributed by atoms with van der Waals surface area (Å²) in [7, 11) is -2.30. The quantitative estimate of drug-likeness (QED) is 0.504. The van der Waals surface area contributed by atoms with E-state index in [1.165, 1.54) is 24.2 Å². The van der Waals surface area contributed by atoms with Crippen LogP contribution in [0.15, 0.2) is 48.2 Å². The molecule has 1 aromatic carbocycles. The second kappa shape index (κ2) is 9.24. The average Bonchev–Trinajstić information content (AvgIpc) is 2.59. The van der Waals surface area contributed by atoms with Gasteiger partial charge in [0, 0.05) is 17.5 Å². The number of hydrogen-bond donors (Lipinski definition) is 0. The lowest BCUT2D eigenvalue weighted by Gasteiger charge is -2.38. The number of benzene rings is 1. The van der Waals surface area contributed by atoms with Crippen LogP contribution in [0.3, 0.4) is 0 Å². The van der Waals surface area contributed by atoms with Crippen LogP contribution in [0, 0.1) is 0 Å². The summed E-state index contributed by atoms with van der Waals surface area (Å²) in [5.41, 5.74) is 2.05. The SMILES string of the molecule is CC(C)[Si](OC/C=C/c1ccccc1)(OC1=CCCCC1)C(C)C. The average molecular weight is 345 g/mol. The molecule has 0 radical (unpaired) electrons. The number of rotatable bonds is 8. The Morgan fingerprint density at radius 3 is 2.33 bits per heavy atom. The van der Waals surface area contributed by atoms with Crippen LogP contribution in [0.4, 0.5) is 0 Å². The molecule has 2 nitrogen and oxygen atoms in total. The molecule has 0 heterocycles. The molecule has 24 heavy (non-hydrogen) atoms. The molecule has 0 bridgehead atoms. The van der Waals surface area contributed by atoms with Crippen LogP contribution >= 0.6 is 0 Å². The Kier molecular flexibility index (Phi) is 7.31. The highest BCUT2D eigenvalue weighted by atomic mass is 28.4. The van der Waals surface area contributed by atoms with Gasteiger partial charge in [-0.1, -0.05) is 70.2 Å². The zero-order valence-electron chi connectivity index (χ0n) is 15.6. The smallest absolute Gasteiger partial charge is 0.404 e. The van der Waals surface area contributed by atoms with Crippen molar-refractivity contribution in [2.24, 2.45) is 0 Å². The van der Waals surface area contributed by atoms with E-state index in [-0.39, 0.29) is 0 Å². The molecular formula is C21H32O2Si. The van der Waals surface area contributed by atoms with Gasteiger partial charge in [0.25, 0.3) is 0 Å². The minimum absolute atomic E-state index is 0.422. The third kappa shape index (κ3) is 5.09. The van der Waals surface area contributed by atoms with Crippen molar-refractivity contribution < 1.29 is 8.85 Å².